The number of anilines is 1. The Morgan fingerprint density at radius 3 is 2.66 bits per heavy atom. The lowest BCUT2D eigenvalue weighted by atomic mass is 9.88. The van der Waals surface area contributed by atoms with E-state index < -0.39 is 6.10 Å². The Morgan fingerprint density at radius 2 is 2.03 bits per heavy atom. The minimum atomic E-state index is -0.580. The van der Waals surface area contributed by atoms with E-state index >= 15 is 0 Å². The second kappa shape index (κ2) is 9.96. The quantitative estimate of drug-likeness (QED) is 0.383. The highest BCUT2D eigenvalue weighted by Gasteiger charge is 2.47. The first-order chi connectivity index (χ1) is 14.1. The van der Waals surface area contributed by atoms with Gasteiger partial charge in [0.05, 0.1) is 18.8 Å². The van der Waals surface area contributed by atoms with Gasteiger partial charge < -0.3 is 19.3 Å². The number of nitrogens with zero attached hydrogens (tertiary/aromatic N) is 2. The summed E-state index contributed by atoms with van der Waals surface area (Å²) in [6.45, 7) is 7.25. The number of morpholine rings is 1. The molecule has 1 spiro atoms. The highest BCUT2D eigenvalue weighted by molar-refractivity contribution is 5.97. The molecule has 1 aromatic carbocycles. The predicted molar refractivity (Wildman–Crippen MR) is 113 cm³/mol. The third-order valence-electron chi connectivity index (χ3n) is 5.79. The van der Waals surface area contributed by atoms with Crippen LogP contribution in [0.4, 0.5) is 5.69 Å². The van der Waals surface area contributed by atoms with Gasteiger partial charge in [-0.25, -0.2) is 0 Å². The third kappa shape index (κ3) is 5.21. The van der Waals surface area contributed by atoms with Crippen molar-refractivity contribution >= 4 is 17.9 Å². The summed E-state index contributed by atoms with van der Waals surface area (Å²) < 4.78 is 11.6. The summed E-state index contributed by atoms with van der Waals surface area (Å²) >= 11 is 0. The lowest BCUT2D eigenvalue weighted by Gasteiger charge is -2.49. The first kappa shape index (κ1) is 21.4. The predicted octanol–water partition coefficient (Wildman–Crippen LogP) is 2.60. The van der Waals surface area contributed by atoms with E-state index in [1.165, 1.54) is 0 Å². The summed E-state index contributed by atoms with van der Waals surface area (Å²) in [5, 5.41) is 0. The summed E-state index contributed by atoms with van der Waals surface area (Å²) in [6, 6.07) is 9.77. The van der Waals surface area contributed by atoms with Gasteiger partial charge in [0.2, 0.25) is 0 Å². The van der Waals surface area contributed by atoms with E-state index in [1.54, 1.807) is 19.3 Å². The van der Waals surface area contributed by atoms with E-state index in [0.717, 1.165) is 56.4 Å². The molecule has 0 bridgehead atoms. The van der Waals surface area contributed by atoms with E-state index in [4.69, 9.17) is 9.47 Å². The Balaban J connectivity index is 1.67. The highest BCUT2D eigenvalue weighted by atomic mass is 16.6. The topological polar surface area (TPSA) is 59.1 Å². The lowest BCUT2D eigenvalue weighted by Crippen LogP contribution is -2.63. The molecule has 0 N–H and O–H groups in total. The van der Waals surface area contributed by atoms with Crippen molar-refractivity contribution in [2.24, 2.45) is 0 Å². The summed E-state index contributed by atoms with van der Waals surface area (Å²) in [6.07, 6.45) is 6.04. The summed E-state index contributed by atoms with van der Waals surface area (Å²) in [5.74, 6) is -0.0410. The number of rotatable bonds is 8. The summed E-state index contributed by atoms with van der Waals surface area (Å²) in [7, 11) is 1.59. The van der Waals surface area contributed by atoms with Crippen molar-refractivity contribution < 1.29 is 19.1 Å². The van der Waals surface area contributed by atoms with Crippen LogP contribution < -0.4 is 4.90 Å². The fraction of sp³-hybridized carbons (Fsp3) is 0.478. The van der Waals surface area contributed by atoms with Gasteiger partial charge in [0.25, 0.3) is 5.91 Å². The molecule has 29 heavy (non-hydrogen) atoms. The maximum absolute atomic E-state index is 12.9. The number of likely N-dealkylation sites (tertiary alicyclic amines) is 1. The normalized spacial score (nSPS) is 22.7. The number of ether oxygens (including phenoxy) is 2. The Kier molecular flexibility index (Phi) is 7.36. The number of benzene rings is 1. The average molecular weight is 399 g/mol. The molecule has 6 nitrogen and oxygen atoms in total. The average Bonchev–Trinajstić information content (AvgIpc) is 2.75. The second-order valence-corrected chi connectivity index (χ2v) is 7.68. The van der Waals surface area contributed by atoms with Crippen LogP contribution in [0.5, 0.6) is 0 Å². The zero-order valence-corrected chi connectivity index (χ0v) is 17.1. The van der Waals surface area contributed by atoms with Gasteiger partial charge in [0.15, 0.2) is 6.10 Å². The standard InChI is InChI=1S/C23H30N2O4/c1-3-19(10-16-26)9-13-24-14-11-23(12-15-24)18-25(20-7-5-4-6-8-20)22(27)21(29-23)17-28-2/h3-8,10,16,21H,1,9,11-15,17-18H2,2H3/b19-10+/t21-/m1/s1. The number of allylic oxidation sites excluding steroid dienone is 2. The second-order valence-electron chi connectivity index (χ2n) is 7.68. The number of hydrogen-bond donors (Lipinski definition) is 0. The van der Waals surface area contributed by atoms with Crippen molar-refractivity contribution in [2.75, 3.05) is 44.8 Å². The molecule has 3 rings (SSSR count). The van der Waals surface area contributed by atoms with Crippen LogP contribution >= 0.6 is 0 Å². The Hall–Kier alpha value is -2.28. The van der Waals surface area contributed by atoms with Gasteiger partial charge in [-0.15, -0.1) is 0 Å². The minimum absolute atomic E-state index is 0.0410. The largest absolute Gasteiger partial charge is 0.381 e. The molecule has 0 radical (unpaired) electrons. The highest BCUT2D eigenvalue weighted by Crippen LogP contribution is 2.35. The van der Waals surface area contributed by atoms with Crippen LogP contribution in [0, 0.1) is 0 Å². The number of para-hydroxylation sites is 1. The number of methoxy groups -OCH3 is 1. The van der Waals surface area contributed by atoms with Crippen LogP contribution in [0.1, 0.15) is 19.3 Å². The SMILES string of the molecule is C=C/C(=C\C=O)CCN1CCC2(CC1)CN(c1ccccc1)C(=O)[C@@H](COC)O2. The van der Waals surface area contributed by atoms with E-state index in [0.29, 0.717) is 6.54 Å². The lowest BCUT2D eigenvalue weighted by molar-refractivity contribution is -0.172. The van der Waals surface area contributed by atoms with Crippen LogP contribution in [-0.2, 0) is 19.1 Å². The Morgan fingerprint density at radius 1 is 1.31 bits per heavy atom. The molecule has 2 saturated heterocycles. The van der Waals surface area contributed by atoms with Crippen molar-refractivity contribution in [2.45, 2.75) is 31.0 Å². The first-order valence-electron chi connectivity index (χ1n) is 10.1. The molecule has 0 aliphatic carbocycles. The minimum Gasteiger partial charge on any atom is -0.381 e. The zero-order chi connectivity index (χ0) is 20.7. The summed E-state index contributed by atoms with van der Waals surface area (Å²) in [4.78, 5) is 27.9. The van der Waals surface area contributed by atoms with Gasteiger partial charge in [0, 0.05) is 32.4 Å². The molecule has 1 amide bonds. The van der Waals surface area contributed by atoms with Crippen LogP contribution in [0.3, 0.4) is 0 Å². The number of amides is 1. The molecule has 1 atom stereocenters. The van der Waals surface area contributed by atoms with Gasteiger partial charge in [-0.2, -0.15) is 0 Å². The molecule has 2 fully saturated rings. The van der Waals surface area contributed by atoms with Gasteiger partial charge in [-0.1, -0.05) is 30.9 Å². The maximum Gasteiger partial charge on any atom is 0.258 e. The molecule has 6 heteroatoms. The van der Waals surface area contributed by atoms with Gasteiger partial charge >= 0.3 is 0 Å². The van der Waals surface area contributed by atoms with Crippen molar-refractivity contribution in [1.82, 2.24) is 4.90 Å². The molecule has 1 aromatic rings. The van der Waals surface area contributed by atoms with Crippen molar-refractivity contribution in [3.8, 4) is 0 Å². The fourth-order valence-corrected chi connectivity index (χ4v) is 4.10. The fourth-order valence-electron chi connectivity index (χ4n) is 4.10. The van der Waals surface area contributed by atoms with Crippen LogP contribution in [-0.4, -0.2) is 68.7 Å². The van der Waals surface area contributed by atoms with Crippen LogP contribution in [0.15, 0.2) is 54.6 Å². The smallest absolute Gasteiger partial charge is 0.258 e. The number of piperidine rings is 1. The number of carbonyl (C=O) groups excluding carboxylic acids is 2. The van der Waals surface area contributed by atoms with Crippen molar-refractivity contribution in [3.05, 3.63) is 54.6 Å². The molecule has 0 unspecified atom stereocenters. The Labute approximate surface area is 172 Å². The monoisotopic (exact) mass is 398 g/mol. The van der Waals surface area contributed by atoms with Gasteiger partial charge in [-0.3, -0.25) is 9.59 Å². The molecular weight excluding hydrogens is 368 g/mol. The Bertz CT molecular complexity index is 739. The molecule has 0 aromatic heterocycles. The molecular formula is C23H30N2O4. The van der Waals surface area contributed by atoms with Crippen molar-refractivity contribution in [1.29, 1.82) is 0 Å². The zero-order valence-electron chi connectivity index (χ0n) is 17.1. The van der Waals surface area contributed by atoms with Crippen LogP contribution in [0.25, 0.3) is 0 Å². The summed E-state index contributed by atoms with van der Waals surface area (Å²) in [5.41, 5.74) is 1.50. The van der Waals surface area contributed by atoms with Gasteiger partial charge in [0.1, 0.15) is 6.29 Å². The van der Waals surface area contributed by atoms with E-state index in [1.807, 2.05) is 35.2 Å². The molecule has 0 saturated carbocycles. The molecule has 156 valence electrons. The third-order valence-corrected chi connectivity index (χ3v) is 5.79. The number of aldehydes is 1. The van der Waals surface area contributed by atoms with Crippen LogP contribution in [0.2, 0.25) is 0 Å². The van der Waals surface area contributed by atoms with E-state index in [-0.39, 0.29) is 18.1 Å². The number of carbonyl (C=O) groups is 2. The maximum atomic E-state index is 12.9. The number of hydrogen-bond acceptors (Lipinski definition) is 5. The van der Waals surface area contributed by atoms with E-state index in [9.17, 15) is 9.59 Å². The van der Waals surface area contributed by atoms with Gasteiger partial charge in [-0.05, 0) is 43.0 Å². The van der Waals surface area contributed by atoms with Crippen molar-refractivity contribution in [3.63, 3.8) is 0 Å². The molecule has 2 heterocycles. The van der Waals surface area contributed by atoms with E-state index in [2.05, 4.69) is 11.5 Å². The molecule has 2 aliphatic heterocycles. The molecule has 2 aliphatic rings. The first-order valence-corrected chi connectivity index (χ1v) is 10.1.